The van der Waals surface area contributed by atoms with Crippen molar-refractivity contribution in [3.63, 3.8) is 0 Å². The fourth-order valence-corrected chi connectivity index (χ4v) is 1.79. The van der Waals surface area contributed by atoms with Gasteiger partial charge in [0.25, 0.3) is 0 Å². The second-order valence-electron chi connectivity index (χ2n) is 4.09. The molecule has 2 N–H and O–H groups in total. The first-order valence-corrected chi connectivity index (χ1v) is 5.41. The lowest BCUT2D eigenvalue weighted by Gasteiger charge is -2.13. The van der Waals surface area contributed by atoms with Crippen LogP contribution in [0, 0.1) is 13.8 Å². The summed E-state index contributed by atoms with van der Waals surface area (Å²) < 4.78 is 35.9. The normalized spacial score (nSPS) is 11.4. The van der Waals surface area contributed by atoms with E-state index < -0.39 is 12.7 Å². The van der Waals surface area contributed by atoms with Crippen LogP contribution in [0.4, 0.5) is 18.9 Å². The summed E-state index contributed by atoms with van der Waals surface area (Å²) in [6, 6.07) is 3.50. The number of hydrogen-bond acceptors (Lipinski definition) is 2. The molecule has 0 radical (unpaired) electrons. The van der Waals surface area contributed by atoms with Gasteiger partial charge in [0.05, 0.1) is 6.54 Å². The van der Waals surface area contributed by atoms with Crippen LogP contribution in [0.2, 0.25) is 0 Å². The van der Waals surface area contributed by atoms with Crippen LogP contribution in [0.5, 0.6) is 0 Å². The second kappa shape index (κ2) is 5.86. The maximum Gasteiger partial charge on any atom is 0.401 e. The van der Waals surface area contributed by atoms with E-state index in [-0.39, 0.29) is 6.54 Å². The van der Waals surface area contributed by atoms with Gasteiger partial charge < -0.3 is 10.6 Å². The molecule has 1 rings (SSSR count). The Morgan fingerprint density at radius 3 is 2.22 bits per heavy atom. The Morgan fingerprint density at radius 1 is 1.22 bits per heavy atom. The Labute approximate surface area is 103 Å². The molecule has 0 aromatic heterocycles. The first-order valence-electron chi connectivity index (χ1n) is 5.41. The largest absolute Gasteiger partial charge is 0.401 e. The van der Waals surface area contributed by atoms with E-state index in [0.717, 1.165) is 16.7 Å². The third kappa shape index (κ3) is 4.37. The van der Waals surface area contributed by atoms with E-state index >= 15 is 0 Å². The van der Waals surface area contributed by atoms with Gasteiger partial charge in [-0.15, -0.1) is 0 Å². The average Bonchev–Trinajstić information content (AvgIpc) is 2.21. The summed E-state index contributed by atoms with van der Waals surface area (Å²) in [7, 11) is 0. The van der Waals surface area contributed by atoms with Crippen molar-refractivity contribution >= 4 is 12.1 Å². The Balaban J connectivity index is 2.71. The predicted molar refractivity (Wildman–Crippen MR) is 63.4 cm³/mol. The molecule has 1 aromatic rings. The van der Waals surface area contributed by atoms with Crippen molar-refractivity contribution in [3.05, 3.63) is 28.8 Å². The second-order valence-corrected chi connectivity index (χ2v) is 4.09. The van der Waals surface area contributed by atoms with E-state index in [9.17, 15) is 18.0 Å². The summed E-state index contributed by atoms with van der Waals surface area (Å²) in [6.07, 6.45) is -3.62. The molecular weight excluding hydrogens is 245 g/mol. The highest BCUT2D eigenvalue weighted by atomic mass is 19.4. The molecule has 0 unspecified atom stereocenters. The number of carbonyl (C=O) groups is 1. The molecule has 100 valence electrons. The minimum absolute atomic E-state index is 0.141. The highest BCUT2D eigenvalue weighted by Crippen LogP contribution is 2.21. The maximum absolute atomic E-state index is 12.0. The van der Waals surface area contributed by atoms with Crippen LogP contribution >= 0.6 is 0 Å². The van der Waals surface area contributed by atoms with Crippen molar-refractivity contribution in [2.45, 2.75) is 26.6 Å². The standard InChI is InChI=1S/C12H15F3N2O/c1-8-3-10(5-16-6-12(13,14)15)4-9(2)11(8)17-7-18/h3-4,7,16H,5-6H2,1-2H3,(H,17,18). The molecule has 0 saturated carbocycles. The third-order valence-electron chi connectivity index (χ3n) is 2.45. The van der Waals surface area contributed by atoms with Crippen LogP contribution < -0.4 is 10.6 Å². The van der Waals surface area contributed by atoms with Gasteiger partial charge in [-0.3, -0.25) is 4.79 Å². The summed E-state index contributed by atoms with van der Waals surface area (Å²) in [4.78, 5) is 10.4. The highest BCUT2D eigenvalue weighted by molar-refractivity contribution is 5.75. The molecule has 0 bridgehead atoms. The van der Waals surface area contributed by atoms with E-state index in [2.05, 4.69) is 10.6 Å². The minimum Gasteiger partial charge on any atom is -0.328 e. The molecule has 18 heavy (non-hydrogen) atoms. The van der Waals surface area contributed by atoms with E-state index in [1.807, 2.05) is 0 Å². The number of aryl methyl sites for hydroxylation is 2. The topological polar surface area (TPSA) is 41.1 Å². The van der Waals surface area contributed by atoms with Crippen LogP contribution in [-0.2, 0) is 11.3 Å². The van der Waals surface area contributed by atoms with Crippen molar-refractivity contribution in [1.29, 1.82) is 0 Å². The minimum atomic E-state index is -4.21. The molecule has 0 spiro atoms. The van der Waals surface area contributed by atoms with Crippen molar-refractivity contribution in [1.82, 2.24) is 5.32 Å². The zero-order chi connectivity index (χ0) is 13.8. The Hall–Kier alpha value is -1.56. The molecule has 0 heterocycles. The predicted octanol–water partition coefficient (Wildman–Crippen LogP) is 2.52. The number of alkyl halides is 3. The fourth-order valence-electron chi connectivity index (χ4n) is 1.79. The van der Waals surface area contributed by atoms with Gasteiger partial charge in [0, 0.05) is 12.2 Å². The van der Waals surface area contributed by atoms with Gasteiger partial charge in [0.1, 0.15) is 0 Å². The number of amides is 1. The summed E-state index contributed by atoms with van der Waals surface area (Å²) in [5.41, 5.74) is 3.10. The number of benzene rings is 1. The van der Waals surface area contributed by atoms with Gasteiger partial charge in [-0.1, -0.05) is 12.1 Å². The first kappa shape index (κ1) is 14.5. The van der Waals surface area contributed by atoms with Crippen LogP contribution in [0.1, 0.15) is 16.7 Å². The SMILES string of the molecule is Cc1cc(CNCC(F)(F)F)cc(C)c1NC=O. The lowest BCUT2D eigenvalue weighted by atomic mass is 10.0. The molecule has 0 fully saturated rings. The van der Waals surface area contributed by atoms with E-state index in [1.165, 1.54) is 0 Å². The summed E-state index contributed by atoms with van der Waals surface area (Å²) in [5.74, 6) is 0. The molecular formula is C12H15F3N2O. The quantitative estimate of drug-likeness (QED) is 0.799. The zero-order valence-corrected chi connectivity index (χ0v) is 10.2. The highest BCUT2D eigenvalue weighted by Gasteiger charge is 2.26. The molecule has 0 saturated heterocycles. The molecule has 1 amide bonds. The number of hydrogen-bond donors (Lipinski definition) is 2. The smallest absolute Gasteiger partial charge is 0.328 e. The number of halogens is 3. The van der Waals surface area contributed by atoms with Gasteiger partial charge in [0.2, 0.25) is 6.41 Å². The third-order valence-corrected chi connectivity index (χ3v) is 2.45. The average molecular weight is 260 g/mol. The number of nitrogens with one attached hydrogen (secondary N) is 2. The Kier molecular flexibility index (Phi) is 4.72. The number of rotatable bonds is 5. The van der Waals surface area contributed by atoms with Crippen LogP contribution in [0.25, 0.3) is 0 Å². The van der Waals surface area contributed by atoms with E-state index in [1.54, 1.807) is 26.0 Å². The molecule has 0 atom stereocenters. The lowest BCUT2D eigenvalue weighted by molar-refractivity contribution is -0.125. The van der Waals surface area contributed by atoms with Crippen molar-refractivity contribution in [3.8, 4) is 0 Å². The van der Waals surface area contributed by atoms with Crippen LogP contribution in [0.3, 0.4) is 0 Å². The van der Waals surface area contributed by atoms with Gasteiger partial charge >= 0.3 is 6.18 Å². The molecule has 3 nitrogen and oxygen atoms in total. The first-order chi connectivity index (χ1) is 8.33. The van der Waals surface area contributed by atoms with Gasteiger partial charge in [-0.2, -0.15) is 13.2 Å². The lowest BCUT2D eigenvalue weighted by Crippen LogP contribution is -2.28. The fraction of sp³-hybridized carbons (Fsp3) is 0.417. The molecule has 0 aliphatic rings. The molecule has 0 aliphatic heterocycles. The summed E-state index contributed by atoms with van der Waals surface area (Å²) >= 11 is 0. The van der Waals surface area contributed by atoms with Crippen LogP contribution in [-0.4, -0.2) is 19.1 Å². The maximum atomic E-state index is 12.0. The summed E-state index contributed by atoms with van der Waals surface area (Å²) in [5, 5.41) is 4.90. The van der Waals surface area contributed by atoms with E-state index in [0.29, 0.717) is 12.1 Å². The molecule has 6 heteroatoms. The monoisotopic (exact) mass is 260 g/mol. The molecule has 1 aromatic carbocycles. The Bertz CT molecular complexity index is 407. The van der Waals surface area contributed by atoms with Crippen LogP contribution in [0.15, 0.2) is 12.1 Å². The number of carbonyl (C=O) groups excluding carboxylic acids is 1. The zero-order valence-electron chi connectivity index (χ0n) is 10.2. The Morgan fingerprint density at radius 2 is 1.78 bits per heavy atom. The van der Waals surface area contributed by atoms with Crippen molar-refractivity contribution in [2.75, 3.05) is 11.9 Å². The number of anilines is 1. The van der Waals surface area contributed by atoms with Gasteiger partial charge in [-0.25, -0.2) is 0 Å². The molecule has 0 aliphatic carbocycles. The van der Waals surface area contributed by atoms with Gasteiger partial charge in [0.15, 0.2) is 0 Å². The van der Waals surface area contributed by atoms with Crippen molar-refractivity contribution in [2.24, 2.45) is 0 Å². The van der Waals surface area contributed by atoms with E-state index in [4.69, 9.17) is 0 Å². The summed E-state index contributed by atoms with van der Waals surface area (Å²) in [6.45, 7) is 2.72. The van der Waals surface area contributed by atoms with Crippen molar-refractivity contribution < 1.29 is 18.0 Å². The van der Waals surface area contributed by atoms with Gasteiger partial charge in [-0.05, 0) is 30.5 Å².